The van der Waals surface area contributed by atoms with Crippen LogP contribution in [0.4, 0.5) is 9.59 Å². The fraction of sp³-hybridized carbons (Fsp3) is 0.733. The fourth-order valence-corrected chi connectivity index (χ4v) is 6.93. The molecule has 0 saturated carbocycles. The third kappa shape index (κ3) is 8.34. The number of aryl methyl sites for hydroxylation is 1. The molecule has 2 aliphatic heterocycles. The summed E-state index contributed by atoms with van der Waals surface area (Å²) in [6.45, 7) is 22.6. The highest BCUT2D eigenvalue weighted by molar-refractivity contribution is 7.12. The van der Waals surface area contributed by atoms with Crippen LogP contribution in [0.5, 0.6) is 0 Å². The van der Waals surface area contributed by atoms with E-state index in [1.807, 2.05) is 0 Å². The molecule has 3 rings (SSSR count). The summed E-state index contributed by atoms with van der Waals surface area (Å²) in [7, 11) is -1.83. The number of carbonyl (C=O) groups excluding carboxylic acids is 2. The first-order valence-corrected chi connectivity index (χ1v) is 18.4. The average molecular weight is 624 g/mol. The highest BCUT2D eigenvalue weighted by Crippen LogP contribution is 2.41. The summed E-state index contributed by atoms with van der Waals surface area (Å²) in [4.78, 5) is 47.5. The Morgan fingerprint density at radius 3 is 2.14 bits per heavy atom. The number of amides is 2. The summed E-state index contributed by atoms with van der Waals surface area (Å²) in [5.41, 5.74) is -0.728. The summed E-state index contributed by atoms with van der Waals surface area (Å²) in [5.74, 6) is -1.13. The smallest absolute Gasteiger partial charge is 0.411 e. The summed E-state index contributed by atoms with van der Waals surface area (Å²) < 4.78 is 17.6. The number of aromatic nitrogens is 1. The van der Waals surface area contributed by atoms with Crippen LogP contribution in [0.15, 0.2) is 11.8 Å². The molecule has 1 N–H and O–H groups in total. The molecule has 0 radical (unpaired) electrons. The number of fused-ring (bicyclic) bond motifs is 2. The van der Waals surface area contributed by atoms with Crippen molar-refractivity contribution in [2.24, 2.45) is 0 Å². The molecule has 2 unspecified atom stereocenters. The summed E-state index contributed by atoms with van der Waals surface area (Å²) in [6.07, 6.45) is 2.43. The van der Waals surface area contributed by atoms with Gasteiger partial charge >= 0.3 is 18.2 Å². The third-order valence-corrected chi connectivity index (χ3v) is 13.4. The van der Waals surface area contributed by atoms with Gasteiger partial charge in [0.25, 0.3) is 0 Å². The van der Waals surface area contributed by atoms with Gasteiger partial charge in [0.05, 0.1) is 27.5 Å². The van der Waals surface area contributed by atoms with Crippen LogP contribution in [-0.4, -0.2) is 89.3 Å². The number of nitrogens with zero attached hydrogens (tertiary/aromatic N) is 3. The Balaban J connectivity index is 1.88. The van der Waals surface area contributed by atoms with E-state index in [-0.39, 0.29) is 30.1 Å². The second kappa shape index (κ2) is 12.3. The predicted octanol–water partition coefficient (Wildman–Crippen LogP) is 6.56. The molecule has 0 aromatic carbocycles. The lowest BCUT2D eigenvalue weighted by Crippen LogP contribution is -2.65. The third-order valence-electron chi connectivity index (χ3n) is 7.79. The SMILES string of the molecule is CC(C)(C)OC(=O)N1CC2CC(c3cnc(CCCO[Si](C)(C)C(C)(C)C)s3)=C(C(=O)O)C(C1)N2C(=O)OC(C)(C)C. The van der Waals surface area contributed by atoms with Crippen LogP contribution in [0.2, 0.25) is 18.1 Å². The van der Waals surface area contributed by atoms with Gasteiger partial charge in [-0.05, 0) is 78.1 Å². The molecular weight excluding hydrogens is 574 g/mol. The first-order chi connectivity index (χ1) is 19.1. The molecule has 42 heavy (non-hydrogen) atoms. The lowest BCUT2D eigenvalue weighted by molar-refractivity contribution is -0.134. The van der Waals surface area contributed by atoms with E-state index in [0.717, 1.165) is 22.7 Å². The van der Waals surface area contributed by atoms with Gasteiger partial charge in [0.15, 0.2) is 8.32 Å². The maximum absolute atomic E-state index is 13.4. The average Bonchev–Trinajstić information content (AvgIpc) is 3.26. The van der Waals surface area contributed by atoms with Crippen LogP contribution in [-0.2, 0) is 25.1 Å². The van der Waals surface area contributed by atoms with E-state index < -0.39 is 49.8 Å². The molecule has 1 saturated heterocycles. The van der Waals surface area contributed by atoms with Gasteiger partial charge in [0, 0.05) is 32.3 Å². The maximum atomic E-state index is 13.4. The zero-order chi connectivity index (χ0) is 31.8. The van der Waals surface area contributed by atoms with E-state index in [4.69, 9.17) is 13.9 Å². The quantitative estimate of drug-likeness (QED) is 0.268. The Bertz CT molecular complexity index is 1210. The maximum Gasteiger partial charge on any atom is 0.411 e. The standard InChI is InChI=1S/C30H49N3O7SSi/c1-28(2,3)39-26(36)32-17-19-15-20(24(25(34)35)21(18-32)33(19)27(37)40-29(4,5)6)22-16-31-23(41-22)13-12-14-38-42(10,11)30(7,8)9/h16,19,21H,12-15,17-18H2,1-11H3,(H,34,35). The van der Waals surface area contributed by atoms with E-state index >= 15 is 0 Å². The number of piperazine rings is 1. The molecule has 1 aromatic heterocycles. The monoisotopic (exact) mass is 623 g/mol. The first kappa shape index (κ1) is 34.1. The van der Waals surface area contributed by atoms with Crippen LogP contribution in [0.1, 0.15) is 85.0 Å². The highest BCUT2D eigenvalue weighted by atomic mass is 32.1. The molecule has 236 valence electrons. The second-order valence-electron chi connectivity index (χ2n) is 14.7. The van der Waals surface area contributed by atoms with E-state index in [2.05, 4.69) is 38.8 Å². The second-order valence-corrected chi connectivity index (χ2v) is 20.6. The van der Waals surface area contributed by atoms with E-state index in [9.17, 15) is 19.5 Å². The van der Waals surface area contributed by atoms with E-state index in [0.29, 0.717) is 12.2 Å². The number of hydrogen-bond donors (Lipinski definition) is 1. The molecule has 0 spiro atoms. The van der Waals surface area contributed by atoms with Gasteiger partial charge < -0.3 is 23.9 Å². The minimum absolute atomic E-state index is 0.00770. The van der Waals surface area contributed by atoms with E-state index in [1.54, 1.807) is 47.7 Å². The lowest BCUT2D eigenvalue weighted by Gasteiger charge is -2.50. The normalized spacial score (nSPS) is 20.1. The van der Waals surface area contributed by atoms with Crippen molar-refractivity contribution in [1.29, 1.82) is 0 Å². The van der Waals surface area contributed by atoms with E-state index in [1.165, 1.54) is 21.1 Å². The van der Waals surface area contributed by atoms with Crippen molar-refractivity contribution in [3.63, 3.8) is 0 Å². The number of thiazole rings is 1. The minimum Gasteiger partial charge on any atom is -0.478 e. The van der Waals surface area contributed by atoms with Crippen molar-refractivity contribution >= 4 is 43.4 Å². The predicted molar refractivity (Wildman–Crippen MR) is 166 cm³/mol. The fourth-order valence-electron chi connectivity index (χ4n) is 4.81. The van der Waals surface area contributed by atoms with Gasteiger partial charge in [-0.15, -0.1) is 11.3 Å². The van der Waals surface area contributed by atoms with Crippen molar-refractivity contribution in [3.8, 4) is 0 Å². The van der Waals surface area contributed by atoms with Crippen molar-refractivity contribution in [2.45, 2.75) is 123 Å². The summed E-state index contributed by atoms with van der Waals surface area (Å²) in [5, 5.41) is 11.5. The van der Waals surface area contributed by atoms with Gasteiger partial charge in [0.1, 0.15) is 11.2 Å². The zero-order valence-electron chi connectivity index (χ0n) is 27.1. The molecule has 2 aliphatic rings. The molecule has 2 bridgehead atoms. The number of ether oxygens (including phenoxy) is 2. The van der Waals surface area contributed by atoms with Crippen LogP contribution in [0.25, 0.3) is 5.57 Å². The van der Waals surface area contributed by atoms with Gasteiger partial charge in [-0.3, -0.25) is 4.90 Å². The molecule has 2 atom stereocenters. The number of hydrogen-bond acceptors (Lipinski definition) is 8. The van der Waals surface area contributed by atoms with Crippen LogP contribution >= 0.6 is 11.3 Å². The number of rotatable bonds is 7. The molecule has 3 heterocycles. The molecular formula is C30H49N3O7SSi. The van der Waals surface area contributed by atoms with Crippen LogP contribution < -0.4 is 0 Å². The lowest BCUT2D eigenvalue weighted by atomic mass is 9.84. The molecule has 1 fully saturated rings. The Kier molecular flexibility index (Phi) is 9.95. The highest BCUT2D eigenvalue weighted by Gasteiger charge is 2.49. The zero-order valence-corrected chi connectivity index (χ0v) is 28.9. The molecule has 10 nitrogen and oxygen atoms in total. The van der Waals surface area contributed by atoms with Gasteiger partial charge in [0.2, 0.25) is 0 Å². The largest absolute Gasteiger partial charge is 0.478 e. The summed E-state index contributed by atoms with van der Waals surface area (Å²) in [6, 6.07) is -1.37. The molecule has 2 amide bonds. The topological polar surface area (TPSA) is 118 Å². The Morgan fingerprint density at radius 1 is 1.00 bits per heavy atom. The number of carboxylic acids is 1. The molecule has 0 aliphatic carbocycles. The number of carbonyl (C=O) groups is 3. The summed E-state index contributed by atoms with van der Waals surface area (Å²) >= 11 is 1.48. The minimum atomic E-state index is -1.83. The van der Waals surface area contributed by atoms with Crippen molar-refractivity contribution in [2.75, 3.05) is 19.7 Å². The van der Waals surface area contributed by atoms with Gasteiger partial charge in [-0.1, -0.05) is 20.8 Å². The Morgan fingerprint density at radius 2 is 1.60 bits per heavy atom. The van der Waals surface area contributed by atoms with Crippen molar-refractivity contribution in [1.82, 2.24) is 14.8 Å². The Hall–Kier alpha value is -2.44. The van der Waals surface area contributed by atoms with Crippen molar-refractivity contribution in [3.05, 3.63) is 21.7 Å². The molecule has 12 heteroatoms. The van der Waals surface area contributed by atoms with Gasteiger partial charge in [-0.2, -0.15) is 0 Å². The van der Waals surface area contributed by atoms with Crippen LogP contribution in [0.3, 0.4) is 0 Å². The van der Waals surface area contributed by atoms with Crippen LogP contribution in [0, 0.1) is 0 Å². The number of carboxylic acid groups (broad SMARTS) is 1. The van der Waals surface area contributed by atoms with Crippen molar-refractivity contribution < 1.29 is 33.4 Å². The first-order valence-electron chi connectivity index (χ1n) is 14.6. The van der Waals surface area contributed by atoms with Gasteiger partial charge in [-0.25, -0.2) is 19.4 Å². The molecule has 1 aromatic rings. The Labute approximate surface area is 255 Å². The number of aliphatic carboxylic acids is 1.